The normalized spacial score (nSPS) is 17.1. The lowest BCUT2D eigenvalue weighted by molar-refractivity contribution is -0.384. The Hall–Kier alpha value is -4.46. The Bertz CT molecular complexity index is 1330. The summed E-state index contributed by atoms with van der Waals surface area (Å²) in [5.74, 6) is -1.53. The number of methoxy groups -OCH3 is 1. The van der Waals surface area contributed by atoms with Gasteiger partial charge in [-0.1, -0.05) is 60.2 Å². The van der Waals surface area contributed by atoms with E-state index in [9.17, 15) is 24.8 Å². The third-order valence-electron chi connectivity index (χ3n) is 5.76. The van der Waals surface area contributed by atoms with Gasteiger partial charge in [-0.3, -0.25) is 19.7 Å². The minimum Gasteiger partial charge on any atom is -0.507 e. The summed E-state index contributed by atoms with van der Waals surface area (Å²) in [5, 5.41) is 22.4. The van der Waals surface area contributed by atoms with E-state index in [-0.39, 0.29) is 23.4 Å². The number of hydrogen-bond donors (Lipinski definition) is 1. The van der Waals surface area contributed by atoms with Crippen LogP contribution in [0.4, 0.5) is 5.69 Å². The molecule has 34 heavy (non-hydrogen) atoms. The molecule has 0 aromatic heterocycles. The molecule has 1 N–H and O–H groups in total. The fourth-order valence-corrected chi connectivity index (χ4v) is 4.17. The summed E-state index contributed by atoms with van der Waals surface area (Å²) in [5.41, 5.74) is 1.98. The molecule has 8 nitrogen and oxygen atoms in total. The van der Waals surface area contributed by atoms with E-state index < -0.39 is 28.4 Å². The Morgan fingerprint density at radius 1 is 1.06 bits per heavy atom. The summed E-state index contributed by atoms with van der Waals surface area (Å²) in [6.07, 6.45) is 0. The Morgan fingerprint density at radius 3 is 2.50 bits per heavy atom. The second kappa shape index (κ2) is 9.19. The Labute approximate surface area is 195 Å². The van der Waals surface area contributed by atoms with Crippen molar-refractivity contribution in [2.45, 2.75) is 19.5 Å². The predicted molar refractivity (Wildman–Crippen MR) is 125 cm³/mol. The topological polar surface area (TPSA) is 110 Å². The van der Waals surface area contributed by atoms with E-state index in [2.05, 4.69) is 0 Å². The highest BCUT2D eigenvalue weighted by Gasteiger charge is 2.46. The number of hydrogen-bond acceptors (Lipinski definition) is 6. The number of nitro groups is 1. The van der Waals surface area contributed by atoms with Crippen LogP contribution in [0.25, 0.3) is 5.76 Å². The molecule has 8 heteroatoms. The molecule has 1 heterocycles. The van der Waals surface area contributed by atoms with Crippen LogP contribution in [0.1, 0.15) is 28.3 Å². The molecule has 4 rings (SSSR count). The van der Waals surface area contributed by atoms with Crippen LogP contribution in [0.2, 0.25) is 0 Å². The number of nitro benzene ring substituents is 1. The molecule has 0 bridgehead atoms. The van der Waals surface area contributed by atoms with Gasteiger partial charge >= 0.3 is 0 Å². The zero-order valence-corrected chi connectivity index (χ0v) is 18.6. The van der Waals surface area contributed by atoms with Gasteiger partial charge in [-0.25, -0.2) is 0 Å². The van der Waals surface area contributed by atoms with Gasteiger partial charge < -0.3 is 14.7 Å². The maximum atomic E-state index is 13.2. The molecule has 1 aliphatic heterocycles. The highest BCUT2D eigenvalue weighted by Crippen LogP contribution is 2.41. The van der Waals surface area contributed by atoms with Gasteiger partial charge in [0.15, 0.2) is 0 Å². The number of amides is 1. The maximum absolute atomic E-state index is 13.2. The van der Waals surface area contributed by atoms with Gasteiger partial charge in [0.2, 0.25) is 0 Å². The van der Waals surface area contributed by atoms with Crippen LogP contribution in [-0.2, 0) is 16.1 Å². The number of likely N-dealkylation sites (tertiary alicyclic amines) is 1. The summed E-state index contributed by atoms with van der Waals surface area (Å²) in [4.78, 5) is 38.4. The van der Waals surface area contributed by atoms with Gasteiger partial charge in [0.05, 0.1) is 30.2 Å². The number of Topliss-reactive ketones (excluding diaryl/α,β-unsaturated/α-hetero) is 1. The maximum Gasteiger partial charge on any atom is 0.295 e. The fraction of sp³-hybridized carbons (Fsp3) is 0.154. The predicted octanol–water partition coefficient (Wildman–Crippen LogP) is 4.53. The van der Waals surface area contributed by atoms with E-state index in [1.54, 1.807) is 36.4 Å². The summed E-state index contributed by atoms with van der Waals surface area (Å²) in [7, 11) is 1.52. The molecule has 0 aliphatic carbocycles. The highest BCUT2D eigenvalue weighted by molar-refractivity contribution is 6.46. The molecule has 1 aliphatic rings. The molecule has 1 saturated heterocycles. The van der Waals surface area contributed by atoms with E-state index in [0.717, 1.165) is 5.56 Å². The van der Waals surface area contributed by atoms with Gasteiger partial charge in [-0.05, 0) is 18.6 Å². The average Bonchev–Trinajstić information content (AvgIpc) is 3.09. The number of aryl methyl sites for hydroxylation is 1. The lowest BCUT2D eigenvalue weighted by atomic mass is 9.94. The summed E-state index contributed by atoms with van der Waals surface area (Å²) in [6.45, 7) is 1.95. The van der Waals surface area contributed by atoms with Crippen molar-refractivity contribution < 1.29 is 24.4 Å². The van der Waals surface area contributed by atoms with Crippen LogP contribution in [0, 0.1) is 17.0 Å². The minimum absolute atomic E-state index is 0.0684. The molecule has 1 fully saturated rings. The molecule has 0 saturated carbocycles. The molecule has 0 radical (unpaired) electrons. The number of carbonyl (C=O) groups excluding carboxylic acids is 2. The first-order valence-corrected chi connectivity index (χ1v) is 10.5. The smallest absolute Gasteiger partial charge is 0.295 e. The number of aliphatic hydroxyl groups excluding tert-OH is 1. The van der Waals surface area contributed by atoms with Crippen LogP contribution in [0.15, 0.2) is 78.4 Å². The van der Waals surface area contributed by atoms with E-state index in [1.807, 2.05) is 19.1 Å². The Kier molecular flexibility index (Phi) is 6.14. The van der Waals surface area contributed by atoms with Crippen LogP contribution in [0.3, 0.4) is 0 Å². The van der Waals surface area contributed by atoms with Gasteiger partial charge in [-0.15, -0.1) is 0 Å². The molecule has 172 valence electrons. The Morgan fingerprint density at radius 2 is 1.79 bits per heavy atom. The van der Waals surface area contributed by atoms with Crippen molar-refractivity contribution in [1.29, 1.82) is 0 Å². The second-order valence-electron chi connectivity index (χ2n) is 7.96. The van der Waals surface area contributed by atoms with Gasteiger partial charge in [0.25, 0.3) is 17.4 Å². The zero-order chi connectivity index (χ0) is 24.4. The highest BCUT2D eigenvalue weighted by atomic mass is 16.6. The lowest BCUT2D eigenvalue weighted by Gasteiger charge is -2.26. The number of rotatable bonds is 6. The third-order valence-corrected chi connectivity index (χ3v) is 5.76. The molecule has 3 aromatic carbocycles. The van der Waals surface area contributed by atoms with Crippen LogP contribution in [-0.4, -0.2) is 33.7 Å². The monoisotopic (exact) mass is 458 g/mol. The van der Waals surface area contributed by atoms with Gasteiger partial charge in [0.1, 0.15) is 11.5 Å². The van der Waals surface area contributed by atoms with Crippen LogP contribution >= 0.6 is 0 Å². The molecule has 1 atom stereocenters. The van der Waals surface area contributed by atoms with Crippen molar-refractivity contribution >= 4 is 23.1 Å². The number of ether oxygens (including phenoxy) is 1. The number of non-ortho nitro benzene ring substituents is 1. The standard InChI is InChI=1S/C26H22N2O6/c1-16-7-5-9-17(13-16)23-22(24(29)18-10-6-11-20(14-18)28(32)33)25(30)26(31)27(23)15-19-8-3-4-12-21(19)34-2/h3-14,23,29H,15H2,1-2H3/b24-22-. The average molecular weight is 458 g/mol. The lowest BCUT2D eigenvalue weighted by Crippen LogP contribution is -2.29. The van der Waals surface area contributed by atoms with Crippen molar-refractivity contribution in [3.05, 3.63) is 111 Å². The zero-order valence-electron chi connectivity index (χ0n) is 18.6. The summed E-state index contributed by atoms with van der Waals surface area (Å²) < 4.78 is 5.41. The SMILES string of the molecule is COc1ccccc1CN1C(=O)C(=O)/C(=C(\O)c2cccc([N+](=O)[O-])c2)C1c1cccc(C)c1. The first kappa shape index (κ1) is 22.7. The molecule has 1 unspecified atom stereocenters. The molecule has 0 spiro atoms. The fourth-order valence-electron chi connectivity index (χ4n) is 4.17. The number of para-hydroxylation sites is 1. The number of ketones is 1. The van der Waals surface area contributed by atoms with Gasteiger partial charge in [0, 0.05) is 23.3 Å². The summed E-state index contributed by atoms with van der Waals surface area (Å²) in [6, 6.07) is 18.9. The molecular weight excluding hydrogens is 436 g/mol. The number of nitrogens with zero attached hydrogens (tertiary/aromatic N) is 2. The van der Waals surface area contributed by atoms with Crippen molar-refractivity contribution in [3.8, 4) is 5.75 Å². The number of aliphatic hydroxyl groups is 1. The third kappa shape index (κ3) is 4.13. The van der Waals surface area contributed by atoms with E-state index in [4.69, 9.17) is 4.74 Å². The van der Waals surface area contributed by atoms with E-state index in [1.165, 1.54) is 36.3 Å². The van der Waals surface area contributed by atoms with Crippen molar-refractivity contribution in [3.63, 3.8) is 0 Å². The number of carbonyl (C=O) groups is 2. The van der Waals surface area contributed by atoms with E-state index in [0.29, 0.717) is 16.9 Å². The molecule has 1 amide bonds. The van der Waals surface area contributed by atoms with Crippen molar-refractivity contribution in [2.24, 2.45) is 0 Å². The van der Waals surface area contributed by atoms with Gasteiger partial charge in [-0.2, -0.15) is 0 Å². The Balaban J connectivity index is 1.89. The molecule has 3 aromatic rings. The second-order valence-corrected chi connectivity index (χ2v) is 7.96. The van der Waals surface area contributed by atoms with Crippen LogP contribution < -0.4 is 4.74 Å². The molecular formula is C26H22N2O6. The summed E-state index contributed by atoms with van der Waals surface area (Å²) >= 11 is 0. The first-order valence-electron chi connectivity index (χ1n) is 10.5. The quantitative estimate of drug-likeness (QED) is 0.191. The largest absolute Gasteiger partial charge is 0.507 e. The minimum atomic E-state index is -0.885. The number of benzene rings is 3. The van der Waals surface area contributed by atoms with Crippen molar-refractivity contribution in [1.82, 2.24) is 4.90 Å². The first-order chi connectivity index (χ1) is 16.3. The van der Waals surface area contributed by atoms with Crippen LogP contribution in [0.5, 0.6) is 5.75 Å². The van der Waals surface area contributed by atoms with Crippen molar-refractivity contribution in [2.75, 3.05) is 7.11 Å². The van der Waals surface area contributed by atoms with E-state index >= 15 is 0 Å².